The first kappa shape index (κ1) is 16.9. The number of carbonyl (C=O) groups excluding carboxylic acids is 1. The van der Waals surface area contributed by atoms with Crippen molar-refractivity contribution < 1.29 is 29.2 Å². The van der Waals surface area contributed by atoms with Gasteiger partial charge in [-0.2, -0.15) is 0 Å². The third kappa shape index (κ3) is 9.62. The number of nitrogens with zero attached hydrogens (tertiary/aromatic N) is 3. The van der Waals surface area contributed by atoms with Crippen molar-refractivity contribution >= 4 is 11.9 Å². The van der Waals surface area contributed by atoms with Crippen LogP contribution in [0.5, 0.6) is 0 Å². The molecule has 1 unspecified atom stereocenters. The Morgan fingerprint density at radius 1 is 1.47 bits per heavy atom. The Bertz CT molecular complexity index is 333. The number of carboxylic acids is 1. The van der Waals surface area contributed by atoms with Gasteiger partial charge in [-0.15, -0.1) is 5.01 Å². The Morgan fingerprint density at radius 2 is 2.11 bits per heavy atom. The van der Waals surface area contributed by atoms with E-state index in [4.69, 9.17) is 5.11 Å². The summed E-state index contributed by atoms with van der Waals surface area (Å²) in [5.41, 5.74) is 0. The molecule has 0 fully saturated rings. The smallest absolute Gasteiger partial charge is 0.305 e. The van der Waals surface area contributed by atoms with E-state index in [2.05, 4.69) is 14.9 Å². The lowest BCUT2D eigenvalue weighted by atomic mass is 10.2. The molecule has 0 heterocycles. The molecule has 0 aromatic heterocycles. The van der Waals surface area contributed by atoms with E-state index >= 15 is 0 Å². The van der Waals surface area contributed by atoms with Crippen LogP contribution in [0.3, 0.4) is 0 Å². The third-order valence-electron chi connectivity index (χ3n) is 2.01. The first-order valence-electron chi connectivity index (χ1n) is 5.77. The molecule has 0 rings (SSSR count). The highest BCUT2D eigenvalue weighted by Crippen LogP contribution is 2.00. The topological polar surface area (TPSA) is 114 Å². The van der Waals surface area contributed by atoms with E-state index in [0.717, 1.165) is 0 Å². The Kier molecular flexibility index (Phi) is 7.98. The van der Waals surface area contributed by atoms with Gasteiger partial charge < -0.3 is 15.1 Å². The van der Waals surface area contributed by atoms with Crippen LogP contribution in [0.4, 0.5) is 0 Å². The maximum Gasteiger partial charge on any atom is 0.305 e. The summed E-state index contributed by atoms with van der Waals surface area (Å²) in [5.74, 6) is -1.41. The van der Waals surface area contributed by atoms with Crippen molar-refractivity contribution in [3.05, 3.63) is 5.21 Å². The second-order valence-corrected chi connectivity index (χ2v) is 3.85. The van der Waals surface area contributed by atoms with Crippen molar-refractivity contribution in [2.24, 2.45) is 5.28 Å². The summed E-state index contributed by atoms with van der Waals surface area (Å²) >= 11 is 0. The zero-order chi connectivity index (χ0) is 14.8. The van der Waals surface area contributed by atoms with Gasteiger partial charge in [-0.1, -0.05) is 0 Å². The highest BCUT2D eigenvalue weighted by atomic mass is 16.8. The predicted octanol–water partition coefficient (Wildman–Crippen LogP) is 0.891. The summed E-state index contributed by atoms with van der Waals surface area (Å²) in [6.07, 6.45) is 0.118. The summed E-state index contributed by atoms with van der Waals surface area (Å²) in [7, 11) is 1.48. The number of rotatable bonds is 9. The molecule has 19 heavy (non-hydrogen) atoms. The summed E-state index contributed by atoms with van der Waals surface area (Å²) in [4.78, 5) is 25.7. The Hall–Kier alpha value is -2.06. The van der Waals surface area contributed by atoms with Crippen molar-refractivity contribution in [2.45, 2.75) is 39.4 Å². The van der Waals surface area contributed by atoms with Crippen molar-refractivity contribution in [3.63, 3.8) is 0 Å². The van der Waals surface area contributed by atoms with Crippen molar-refractivity contribution in [2.75, 3.05) is 13.6 Å². The number of carboxylic acid groups (broad SMARTS) is 1. The van der Waals surface area contributed by atoms with E-state index in [1.165, 1.54) is 25.9 Å². The zero-order valence-corrected chi connectivity index (χ0v) is 11.2. The minimum absolute atomic E-state index is 0.0594. The highest BCUT2D eigenvalue weighted by molar-refractivity contribution is 5.66. The molecule has 0 aliphatic carbocycles. The van der Waals surface area contributed by atoms with E-state index in [0.29, 0.717) is 19.4 Å². The minimum Gasteiger partial charge on any atom is -0.569 e. The molecule has 0 saturated heterocycles. The molecule has 110 valence electrons. The van der Waals surface area contributed by atoms with Crippen molar-refractivity contribution in [1.82, 2.24) is 5.01 Å². The van der Waals surface area contributed by atoms with Gasteiger partial charge >= 0.3 is 11.9 Å². The van der Waals surface area contributed by atoms with E-state index in [1.54, 1.807) is 0 Å². The lowest BCUT2D eigenvalue weighted by Gasteiger charge is -2.13. The Morgan fingerprint density at radius 3 is 2.63 bits per heavy atom. The average Bonchev–Trinajstić information content (AvgIpc) is 2.30. The lowest BCUT2D eigenvalue weighted by molar-refractivity contribution is -0.707. The molecular weight excluding hydrogens is 258 g/mol. The van der Waals surface area contributed by atoms with Crippen LogP contribution in [-0.4, -0.2) is 46.9 Å². The number of esters is 1. The van der Waals surface area contributed by atoms with Gasteiger partial charge in [0, 0.05) is 20.3 Å². The van der Waals surface area contributed by atoms with E-state index < -0.39 is 18.2 Å². The number of hydrogen-bond acceptors (Lipinski definition) is 6. The highest BCUT2D eigenvalue weighted by Gasteiger charge is 2.10. The second kappa shape index (κ2) is 8.95. The van der Waals surface area contributed by atoms with Crippen LogP contribution in [0.15, 0.2) is 5.28 Å². The van der Waals surface area contributed by atoms with E-state index in [-0.39, 0.29) is 11.4 Å². The van der Waals surface area contributed by atoms with Gasteiger partial charge in [0.15, 0.2) is 0 Å². The van der Waals surface area contributed by atoms with Crippen molar-refractivity contribution in [3.8, 4) is 0 Å². The van der Waals surface area contributed by atoms with Gasteiger partial charge in [0.1, 0.15) is 0 Å². The minimum atomic E-state index is -0.950. The Labute approximate surface area is 110 Å². The maximum atomic E-state index is 11.4. The van der Waals surface area contributed by atoms with Crippen LogP contribution in [0.1, 0.15) is 33.1 Å². The average molecular weight is 277 g/mol. The van der Waals surface area contributed by atoms with Crippen molar-refractivity contribution in [1.29, 1.82) is 0 Å². The molecule has 0 amide bonds. The van der Waals surface area contributed by atoms with E-state index in [9.17, 15) is 14.8 Å². The maximum absolute atomic E-state index is 11.4. The standard InChI is InChI=1S/C10H19N3O6/c1-8(14)18-9(2)19-11-13(17)12(3)7-5-4-6-10(15)16/h9H,4-7H2,1-3H3,(H,15,16)/b13-11+. The molecule has 9 heteroatoms. The summed E-state index contributed by atoms with van der Waals surface area (Å²) < 4.78 is 4.60. The lowest BCUT2D eigenvalue weighted by Crippen LogP contribution is -2.28. The monoisotopic (exact) mass is 277 g/mol. The van der Waals surface area contributed by atoms with Crippen LogP contribution in [0.25, 0.3) is 0 Å². The first-order valence-corrected chi connectivity index (χ1v) is 5.77. The van der Waals surface area contributed by atoms with Gasteiger partial charge in [0.25, 0.3) is 6.29 Å². The molecule has 1 N–H and O–H groups in total. The van der Waals surface area contributed by atoms with Gasteiger partial charge in [0.2, 0.25) is 5.28 Å². The number of carbonyl (C=O) groups is 2. The summed E-state index contributed by atoms with van der Waals surface area (Å²) in [6.45, 7) is 2.97. The SMILES string of the molecule is CC(=O)OC(C)O/N=[N+](/[O-])N(C)CCCCC(=O)O. The van der Waals surface area contributed by atoms with E-state index in [1.807, 2.05) is 0 Å². The summed E-state index contributed by atoms with van der Waals surface area (Å²) in [5, 5.41) is 24.2. The normalized spacial score (nSPS) is 12.7. The zero-order valence-electron chi connectivity index (χ0n) is 11.2. The van der Waals surface area contributed by atoms with Gasteiger partial charge in [-0.05, 0) is 12.8 Å². The van der Waals surface area contributed by atoms with Gasteiger partial charge in [-0.3, -0.25) is 14.4 Å². The number of hydrazine groups is 1. The fraction of sp³-hybridized carbons (Fsp3) is 0.800. The Balaban J connectivity index is 3.93. The molecule has 0 aliphatic rings. The van der Waals surface area contributed by atoms with Crippen LogP contribution in [-0.2, 0) is 19.2 Å². The molecule has 9 nitrogen and oxygen atoms in total. The molecule has 0 radical (unpaired) electrons. The van der Waals surface area contributed by atoms with Crippen LogP contribution in [0.2, 0.25) is 0 Å². The van der Waals surface area contributed by atoms with Gasteiger partial charge in [-0.25, -0.2) is 0 Å². The van der Waals surface area contributed by atoms with Crippen LogP contribution >= 0.6 is 0 Å². The van der Waals surface area contributed by atoms with Crippen LogP contribution in [0, 0.1) is 5.21 Å². The first-order chi connectivity index (χ1) is 8.82. The molecule has 0 aromatic carbocycles. The van der Waals surface area contributed by atoms with Gasteiger partial charge in [0.05, 0.1) is 18.6 Å². The predicted molar refractivity (Wildman–Crippen MR) is 62.5 cm³/mol. The number of ether oxygens (including phenoxy) is 1. The molecule has 1 atom stereocenters. The molecule has 0 spiro atoms. The molecule has 0 aromatic rings. The number of hydrogen-bond donors (Lipinski definition) is 1. The fourth-order valence-corrected chi connectivity index (χ4v) is 1.13. The third-order valence-corrected chi connectivity index (χ3v) is 2.01. The molecule has 0 saturated carbocycles. The number of unbranched alkanes of at least 4 members (excludes halogenated alkanes) is 1. The molecular formula is C10H19N3O6. The quantitative estimate of drug-likeness (QED) is 0.166. The fourth-order valence-electron chi connectivity index (χ4n) is 1.13. The largest absolute Gasteiger partial charge is 0.569 e. The number of aliphatic carboxylic acids is 1. The molecule has 0 bridgehead atoms. The van der Waals surface area contributed by atoms with Crippen LogP contribution < -0.4 is 0 Å². The summed E-state index contributed by atoms with van der Waals surface area (Å²) in [6, 6.07) is 0. The second-order valence-electron chi connectivity index (χ2n) is 3.85. The molecule has 0 aliphatic heterocycles.